The van der Waals surface area contributed by atoms with Crippen LogP contribution < -0.4 is 10.6 Å². The standard InChI is InChI=1S/C12H17N3O3/c1-18-12(17)9-6-11(14-7-10(9)13)15-4-2-8(16)3-5-15/h6-8,16H,2-5,13H2,1H3. The van der Waals surface area contributed by atoms with Crippen LogP contribution in [0.2, 0.25) is 0 Å². The van der Waals surface area contributed by atoms with Gasteiger partial charge in [-0.2, -0.15) is 0 Å². The first kappa shape index (κ1) is 12.6. The van der Waals surface area contributed by atoms with Gasteiger partial charge in [0.25, 0.3) is 0 Å². The topological polar surface area (TPSA) is 88.7 Å². The van der Waals surface area contributed by atoms with Crippen LogP contribution in [0.4, 0.5) is 11.5 Å². The van der Waals surface area contributed by atoms with Gasteiger partial charge in [-0.3, -0.25) is 0 Å². The number of nitrogens with zero attached hydrogens (tertiary/aromatic N) is 2. The molecule has 0 aromatic carbocycles. The van der Waals surface area contributed by atoms with Crippen molar-refractivity contribution >= 4 is 17.5 Å². The van der Waals surface area contributed by atoms with Gasteiger partial charge in [0.15, 0.2) is 0 Å². The minimum atomic E-state index is -0.465. The van der Waals surface area contributed by atoms with Crippen molar-refractivity contribution in [2.75, 3.05) is 30.8 Å². The fourth-order valence-electron chi connectivity index (χ4n) is 2.01. The summed E-state index contributed by atoms with van der Waals surface area (Å²) in [6, 6.07) is 1.64. The molecule has 6 nitrogen and oxygen atoms in total. The van der Waals surface area contributed by atoms with E-state index in [2.05, 4.69) is 9.72 Å². The summed E-state index contributed by atoms with van der Waals surface area (Å²) < 4.78 is 4.67. The number of carbonyl (C=O) groups excluding carboxylic acids is 1. The Kier molecular flexibility index (Phi) is 3.66. The van der Waals surface area contributed by atoms with Crippen LogP contribution in [0.1, 0.15) is 23.2 Å². The number of carbonyl (C=O) groups is 1. The van der Waals surface area contributed by atoms with Gasteiger partial charge in [-0.15, -0.1) is 0 Å². The van der Waals surface area contributed by atoms with Crippen LogP contribution >= 0.6 is 0 Å². The molecule has 0 bridgehead atoms. The number of rotatable bonds is 2. The number of nitrogens with two attached hydrogens (primary N) is 1. The van der Waals surface area contributed by atoms with E-state index < -0.39 is 5.97 Å². The number of pyridine rings is 1. The Hall–Kier alpha value is -1.82. The number of hydrogen-bond donors (Lipinski definition) is 2. The molecule has 1 saturated heterocycles. The molecule has 2 heterocycles. The first-order valence-electron chi connectivity index (χ1n) is 5.88. The van der Waals surface area contributed by atoms with Gasteiger partial charge in [0.2, 0.25) is 0 Å². The van der Waals surface area contributed by atoms with Crippen LogP contribution in [0.15, 0.2) is 12.3 Å². The van der Waals surface area contributed by atoms with Crippen molar-refractivity contribution in [1.29, 1.82) is 0 Å². The van der Waals surface area contributed by atoms with Crippen LogP contribution in [-0.2, 0) is 4.74 Å². The van der Waals surface area contributed by atoms with Crippen molar-refractivity contribution in [2.45, 2.75) is 18.9 Å². The van der Waals surface area contributed by atoms with Crippen molar-refractivity contribution in [3.8, 4) is 0 Å². The molecule has 98 valence electrons. The van der Waals surface area contributed by atoms with E-state index in [1.807, 2.05) is 4.90 Å². The Bertz CT molecular complexity index is 442. The van der Waals surface area contributed by atoms with Crippen LogP contribution in [0.5, 0.6) is 0 Å². The molecule has 3 N–H and O–H groups in total. The Morgan fingerprint density at radius 2 is 2.22 bits per heavy atom. The summed E-state index contributed by atoms with van der Waals surface area (Å²) in [6.45, 7) is 1.44. The summed E-state index contributed by atoms with van der Waals surface area (Å²) in [5.74, 6) is 0.227. The maximum Gasteiger partial charge on any atom is 0.340 e. The van der Waals surface area contributed by atoms with Crippen LogP contribution in [0, 0.1) is 0 Å². The van der Waals surface area contributed by atoms with Gasteiger partial charge in [-0.25, -0.2) is 9.78 Å². The lowest BCUT2D eigenvalue weighted by atomic mass is 10.1. The van der Waals surface area contributed by atoms with E-state index in [1.54, 1.807) is 6.07 Å². The average Bonchev–Trinajstić information content (AvgIpc) is 2.39. The van der Waals surface area contributed by atoms with Gasteiger partial charge in [0.1, 0.15) is 5.82 Å². The van der Waals surface area contributed by atoms with E-state index in [0.717, 1.165) is 13.1 Å². The third-order valence-electron chi connectivity index (χ3n) is 3.11. The number of ether oxygens (including phenoxy) is 1. The molecule has 0 radical (unpaired) electrons. The van der Waals surface area contributed by atoms with Gasteiger partial charge in [0, 0.05) is 13.1 Å². The third-order valence-corrected chi connectivity index (χ3v) is 3.11. The number of piperidine rings is 1. The number of aliphatic hydroxyl groups is 1. The van der Waals surface area contributed by atoms with Crippen molar-refractivity contribution in [3.05, 3.63) is 17.8 Å². The fourth-order valence-corrected chi connectivity index (χ4v) is 2.01. The summed E-state index contributed by atoms with van der Waals surface area (Å²) in [5.41, 5.74) is 6.33. The Labute approximate surface area is 105 Å². The van der Waals surface area contributed by atoms with Gasteiger partial charge >= 0.3 is 5.97 Å². The Balaban J connectivity index is 2.21. The van der Waals surface area contributed by atoms with Crippen molar-refractivity contribution in [3.63, 3.8) is 0 Å². The minimum absolute atomic E-state index is 0.241. The normalized spacial score (nSPS) is 16.7. The molecule has 1 aromatic heterocycles. The predicted molar refractivity (Wildman–Crippen MR) is 67.4 cm³/mol. The number of nitrogen functional groups attached to an aromatic ring is 1. The number of hydrogen-bond acceptors (Lipinski definition) is 6. The highest BCUT2D eigenvalue weighted by Crippen LogP contribution is 2.22. The smallest absolute Gasteiger partial charge is 0.340 e. The highest BCUT2D eigenvalue weighted by molar-refractivity contribution is 5.95. The maximum atomic E-state index is 11.5. The Morgan fingerprint density at radius 3 is 2.83 bits per heavy atom. The summed E-state index contributed by atoms with van der Waals surface area (Å²) in [7, 11) is 1.32. The zero-order valence-corrected chi connectivity index (χ0v) is 10.3. The van der Waals surface area contributed by atoms with Gasteiger partial charge in [-0.1, -0.05) is 0 Å². The highest BCUT2D eigenvalue weighted by atomic mass is 16.5. The van der Waals surface area contributed by atoms with Crippen molar-refractivity contribution in [2.24, 2.45) is 0 Å². The molecular formula is C12H17N3O3. The third kappa shape index (κ3) is 2.53. The second kappa shape index (κ2) is 5.22. The molecule has 0 amide bonds. The molecule has 1 aliphatic heterocycles. The predicted octanol–water partition coefficient (Wildman–Crippen LogP) is 0.411. The zero-order chi connectivity index (χ0) is 13.1. The molecule has 2 rings (SSSR count). The SMILES string of the molecule is COC(=O)c1cc(N2CCC(O)CC2)ncc1N. The van der Waals surface area contributed by atoms with E-state index >= 15 is 0 Å². The minimum Gasteiger partial charge on any atom is -0.465 e. The summed E-state index contributed by atoms with van der Waals surface area (Å²) in [5, 5.41) is 9.46. The van der Waals surface area contributed by atoms with E-state index in [9.17, 15) is 9.90 Å². The van der Waals surface area contributed by atoms with E-state index in [1.165, 1.54) is 13.3 Å². The van der Waals surface area contributed by atoms with Gasteiger partial charge in [0.05, 0.1) is 30.7 Å². The Morgan fingerprint density at radius 1 is 1.56 bits per heavy atom. The second-order valence-corrected chi connectivity index (χ2v) is 4.34. The molecular weight excluding hydrogens is 234 g/mol. The van der Waals surface area contributed by atoms with E-state index in [4.69, 9.17) is 5.73 Å². The molecule has 1 aliphatic rings. The molecule has 0 aliphatic carbocycles. The second-order valence-electron chi connectivity index (χ2n) is 4.34. The molecule has 0 saturated carbocycles. The summed E-state index contributed by atoms with van der Waals surface area (Å²) in [6.07, 6.45) is 2.64. The molecule has 6 heteroatoms. The van der Waals surface area contributed by atoms with E-state index in [0.29, 0.717) is 29.9 Å². The molecule has 0 spiro atoms. The molecule has 1 fully saturated rings. The van der Waals surface area contributed by atoms with Gasteiger partial charge in [-0.05, 0) is 18.9 Å². The number of esters is 1. The summed E-state index contributed by atoms with van der Waals surface area (Å²) >= 11 is 0. The highest BCUT2D eigenvalue weighted by Gasteiger charge is 2.20. The first-order chi connectivity index (χ1) is 8.61. The average molecular weight is 251 g/mol. The van der Waals surface area contributed by atoms with Crippen molar-refractivity contribution in [1.82, 2.24) is 4.98 Å². The molecule has 18 heavy (non-hydrogen) atoms. The zero-order valence-electron chi connectivity index (χ0n) is 10.3. The van der Waals surface area contributed by atoms with Crippen LogP contribution in [0.25, 0.3) is 0 Å². The molecule has 1 aromatic rings. The largest absolute Gasteiger partial charge is 0.465 e. The fraction of sp³-hybridized carbons (Fsp3) is 0.500. The number of aliphatic hydroxyl groups excluding tert-OH is 1. The quantitative estimate of drug-likeness (QED) is 0.740. The summed E-state index contributed by atoms with van der Waals surface area (Å²) in [4.78, 5) is 17.8. The van der Waals surface area contributed by atoms with Gasteiger partial charge < -0.3 is 20.5 Å². The van der Waals surface area contributed by atoms with Crippen LogP contribution in [-0.4, -0.2) is 42.4 Å². The van der Waals surface area contributed by atoms with E-state index in [-0.39, 0.29) is 6.10 Å². The van der Waals surface area contributed by atoms with Crippen LogP contribution in [0.3, 0.4) is 0 Å². The molecule has 0 unspecified atom stereocenters. The lowest BCUT2D eigenvalue weighted by molar-refractivity contribution is 0.0601. The first-order valence-corrected chi connectivity index (χ1v) is 5.88. The van der Waals surface area contributed by atoms with Crippen molar-refractivity contribution < 1.29 is 14.6 Å². The lowest BCUT2D eigenvalue weighted by Crippen LogP contribution is -2.36. The monoisotopic (exact) mass is 251 g/mol. The molecule has 0 atom stereocenters. The number of aromatic nitrogens is 1. The lowest BCUT2D eigenvalue weighted by Gasteiger charge is -2.30. The number of methoxy groups -OCH3 is 1. The number of anilines is 2. The maximum absolute atomic E-state index is 11.5.